The van der Waals surface area contributed by atoms with E-state index in [0.29, 0.717) is 34.7 Å². The molecule has 0 atom stereocenters. The Hall–Kier alpha value is -2.89. The van der Waals surface area contributed by atoms with Crippen LogP contribution in [-0.4, -0.2) is 22.1 Å². The van der Waals surface area contributed by atoms with E-state index in [9.17, 15) is 9.18 Å². The second-order valence-electron chi connectivity index (χ2n) is 6.76. The van der Waals surface area contributed by atoms with Crippen LogP contribution in [0.4, 0.5) is 15.9 Å². The first-order chi connectivity index (χ1) is 12.4. The fraction of sp³-hybridized carbons (Fsp3) is 0.300. The maximum Gasteiger partial charge on any atom is 0.342 e. The Bertz CT molecular complexity index is 963. The van der Waals surface area contributed by atoms with E-state index in [1.807, 2.05) is 32.9 Å². The number of benzene rings is 1. The Balaban J connectivity index is 2.09. The summed E-state index contributed by atoms with van der Waals surface area (Å²) in [5.41, 5.74) is 2.10. The van der Waals surface area contributed by atoms with Crippen molar-refractivity contribution in [2.24, 2.45) is 13.0 Å². The highest BCUT2D eigenvalue weighted by Gasteiger charge is 2.24. The fourth-order valence-corrected chi connectivity index (χ4v) is 2.78. The first-order valence-electron chi connectivity index (χ1n) is 8.52. The number of aromatic nitrogens is 2. The molecule has 1 N–H and O–H groups in total. The summed E-state index contributed by atoms with van der Waals surface area (Å²) in [5.74, 6) is -0.162. The Morgan fingerprint density at radius 2 is 2.12 bits per heavy atom. The predicted octanol–water partition coefficient (Wildman–Crippen LogP) is 4.58. The van der Waals surface area contributed by atoms with Gasteiger partial charge in [0.1, 0.15) is 22.8 Å². The lowest BCUT2D eigenvalue weighted by atomic mass is 10.2. The number of hydrogen-bond acceptors (Lipinski definition) is 4. The molecule has 6 heteroatoms. The smallest absolute Gasteiger partial charge is 0.342 e. The molecule has 0 saturated carbocycles. The van der Waals surface area contributed by atoms with Crippen LogP contribution in [0.5, 0.6) is 0 Å². The van der Waals surface area contributed by atoms with E-state index in [1.54, 1.807) is 29.9 Å². The van der Waals surface area contributed by atoms with E-state index in [1.165, 1.54) is 6.07 Å². The average Bonchev–Trinajstić information content (AvgIpc) is 2.88. The number of carbonyl (C=O) groups excluding carboxylic acids is 1. The van der Waals surface area contributed by atoms with Crippen LogP contribution in [-0.2, 0) is 11.8 Å². The molecule has 2 aromatic heterocycles. The van der Waals surface area contributed by atoms with Crippen LogP contribution in [0.25, 0.3) is 11.0 Å². The minimum atomic E-state index is -0.452. The zero-order valence-electron chi connectivity index (χ0n) is 15.3. The van der Waals surface area contributed by atoms with Crippen LogP contribution < -0.4 is 5.32 Å². The predicted molar refractivity (Wildman–Crippen MR) is 100 cm³/mol. The molecule has 0 aliphatic carbocycles. The Labute approximate surface area is 151 Å². The number of pyridine rings is 1. The first kappa shape index (κ1) is 17.9. The molecule has 0 aliphatic heterocycles. The van der Waals surface area contributed by atoms with Crippen LogP contribution in [0.2, 0.25) is 0 Å². The molecule has 136 valence electrons. The number of ether oxygens (including phenoxy) is 1. The van der Waals surface area contributed by atoms with Gasteiger partial charge < -0.3 is 14.6 Å². The van der Waals surface area contributed by atoms with Crippen molar-refractivity contribution in [2.45, 2.75) is 20.8 Å². The van der Waals surface area contributed by atoms with Gasteiger partial charge in [0, 0.05) is 18.6 Å². The zero-order valence-corrected chi connectivity index (χ0v) is 15.3. The van der Waals surface area contributed by atoms with E-state index in [4.69, 9.17) is 4.74 Å². The highest BCUT2D eigenvalue weighted by atomic mass is 19.1. The quantitative estimate of drug-likeness (QED) is 0.681. The lowest BCUT2D eigenvalue weighted by Gasteiger charge is -2.12. The van der Waals surface area contributed by atoms with E-state index >= 15 is 0 Å². The molecule has 3 aromatic rings. The number of hydrogen-bond donors (Lipinski definition) is 1. The second kappa shape index (κ2) is 7.15. The number of nitrogens with one attached hydrogen (secondary N) is 1. The third-order valence-corrected chi connectivity index (χ3v) is 4.08. The van der Waals surface area contributed by atoms with Crippen molar-refractivity contribution in [3.05, 3.63) is 53.5 Å². The summed E-state index contributed by atoms with van der Waals surface area (Å²) in [6.07, 6.45) is 1.65. The van der Waals surface area contributed by atoms with Crippen molar-refractivity contribution in [2.75, 3.05) is 11.9 Å². The number of anilines is 2. The highest BCUT2D eigenvalue weighted by molar-refractivity contribution is 6.09. The maximum atomic E-state index is 14.3. The normalized spacial score (nSPS) is 11.2. The highest BCUT2D eigenvalue weighted by Crippen LogP contribution is 2.32. The van der Waals surface area contributed by atoms with E-state index < -0.39 is 5.97 Å². The van der Waals surface area contributed by atoms with Crippen molar-refractivity contribution in [1.82, 2.24) is 9.55 Å². The Morgan fingerprint density at radius 1 is 1.35 bits per heavy atom. The van der Waals surface area contributed by atoms with Crippen molar-refractivity contribution in [3.8, 4) is 0 Å². The molecule has 3 rings (SSSR count). The van der Waals surface area contributed by atoms with Gasteiger partial charge in [-0.25, -0.2) is 14.2 Å². The van der Waals surface area contributed by atoms with Crippen molar-refractivity contribution in [3.63, 3.8) is 0 Å². The molecule has 0 saturated heterocycles. The van der Waals surface area contributed by atoms with E-state index in [-0.39, 0.29) is 11.7 Å². The molecule has 0 spiro atoms. The van der Waals surface area contributed by atoms with E-state index in [0.717, 1.165) is 5.56 Å². The average molecular weight is 355 g/mol. The molecule has 0 unspecified atom stereocenters. The molecule has 0 bridgehead atoms. The van der Waals surface area contributed by atoms with Gasteiger partial charge >= 0.3 is 5.97 Å². The first-order valence-corrected chi connectivity index (χ1v) is 8.52. The second-order valence-corrected chi connectivity index (χ2v) is 6.76. The molecule has 0 fully saturated rings. The summed E-state index contributed by atoms with van der Waals surface area (Å²) in [6.45, 7) is 6.08. The molecule has 0 aliphatic rings. The third kappa shape index (κ3) is 3.40. The molecular weight excluding hydrogens is 333 g/mol. The largest absolute Gasteiger partial charge is 0.462 e. The minimum Gasteiger partial charge on any atom is -0.462 e. The summed E-state index contributed by atoms with van der Waals surface area (Å²) < 4.78 is 21.5. The van der Waals surface area contributed by atoms with E-state index in [2.05, 4.69) is 10.3 Å². The molecule has 0 radical (unpaired) electrons. The van der Waals surface area contributed by atoms with Gasteiger partial charge in [-0.15, -0.1) is 0 Å². The van der Waals surface area contributed by atoms with Crippen molar-refractivity contribution < 1.29 is 13.9 Å². The number of esters is 1. The SMILES string of the molecule is Cc1ccc(Nc2c(C(=O)OCC(C)C)c3cccnc3n2C)c(F)c1. The monoisotopic (exact) mass is 355 g/mol. The van der Waals surface area contributed by atoms with Gasteiger partial charge in [0.05, 0.1) is 12.3 Å². The lowest BCUT2D eigenvalue weighted by Crippen LogP contribution is -2.12. The van der Waals surface area contributed by atoms with Crippen molar-refractivity contribution >= 4 is 28.5 Å². The van der Waals surface area contributed by atoms with Crippen molar-refractivity contribution in [1.29, 1.82) is 0 Å². The van der Waals surface area contributed by atoms with Gasteiger partial charge in [-0.1, -0.05) is 19.9 Å². The molecule has 0 amide bonds. The summed E-state index contributed by atoms with van der Waals surface area (Å²) >= 11 is 0. The van der Waals surface area contributed by atoms with Gasteiger partial charge in [-0.05, 0) is 42.7 Å². The number of aryl methyl sites for hydroxylation is 2. The number of fused-ring (bicyclic) bond motifs is 1. The molecular formula is C20H22FN3O2. The van der Waals surface area contributed by atoms with Gasteiger partial charge in [-0.2, -0.15) is 0 Å². The van der Waals surface area contributed by atoms with Gasteiger partial charge in [0.25, 0.3) is 0 Å². The fourth-order valence-electron chi connectivity index (χ4n) is 2.78. The topological polar surface area (TPSA) is 56.1 Å². The number of halogens is 1. The number of carbonyl (C=O) groups is 1. The molecule has 1 aromatic carbocycles. The van der Waals surface area contributed by atoms with Crippen LogP contribution in [0.1, 0.15) is 29.8 Å². The summed E-state index contributed by atoms with van der Waals surface area (Å²) in [5, 5.41) is 3.71. The van der Waals surface area contributed by atoms with Crippen LogP contribution in [0.15, 0.2) is 36.5 Å². The molecule has 5 nitrogen and oxygen atoms in total. The number of rotatable bonds is 5. The summed E-state index contributed by atoms with van der Waals surface area (Å²) in [4.78, 5) is 17.1. The van der Waals surface area contributed by atoms with Gasteiger partial charge in [0.15, 0.2) is 0 Å². The molecule has 2 heterocycles. The maximum absolute atomic E-state index is 14.3. The molecule has 26 heavy (non-hydrogen) atoms. The van der Waals surface area contributed by atoms with Crippen LogP contribution in [0, 0.1) is 18.7 Å². The lowest BCUT2D eigenvalue weighted by molar-refractivity contribution is 0.0462. The van der Waals surface area contributed by atoms with Crippen LogP contribution in [0.3, 0.4) is 0 Å². The van der Waals surface area contributed by atoms with Crippen LogP contribution >= 0.6 is 0 Å². The summed E-state index contributed by atoms with van der Waals surface area (Å²) in [7, 11) is 1.78. The standard InChI is InChI=1S/C20H22FN3O2/c1-12(2)11-26-20(25)17-14-6-5-9-22-18(14)24(4)19(17)23-16-8-7-13(3)10-15(16)21/h5-10,12,23H,11H2,1-4H3. The Kier molecular flexibility index (Phi) is 4.93. The third-order valence-electron chi connectivity index (χ3n) is 4.08. The Morgan fingerprint density at radius 3 is 2.81 bits per heavy atom. The van der Waals surface area contributed by atoms with Gasteiger partial charge in [0.2, 0.25) is 0 Å². The van der Waals surface area contributed by atoms with Gasteiger partial charge in [-0.3, -0.25) is 0 Å². The zero-order chi connectivity index (χ0) is 18.8. The minimum absolute atomic E-state index is 0.220. The summed E-state index contributed by atoms with van der Waals surface area (Å²) in [6, 6.07) is 8.48. The number of nitrogens with zero attached hydrogens (tertiary/aromatic N) is 2.